The Morgan fingerprint density at radius 1 is 1.12 bits per heavy atom. The molecule has 7 heteroatoms. The Bertz CT molecular complexity index is 761. The number of rotatable bonds is 5. The third kappa shape index (κ3) is 4.04. The summed E-state index contributed by atoms with van der Waals surface area (Å²) >= 11 is 0. The van der Waals surface area contributed by atoms with Gasteiger partial charge in [-0.2, -0.15) is 0 Å². The van der Waals surface area contributed by atoms with E-state index in [1.54, 1.807) is 0 Å². The maximum Gasteiger partial charge on any atom is 0.254 e. The Balaban J connectivity index is 1.61. The quantitative estimate of drug-likeness (QED) is 0.816. The van der Waals surface area contributed by atoms with Gasteiger partial charge in [0.15, 0.2) is 5.82 Å². The molecule has 0 saturated carbocycles. The predicted molar refractivity (Wildman–Crippen MR) is 102 cm³/mol. The molecule has 1 aliphatic heterocycles. The van der Waals surface area contributed by atoms with Gasteiger partial charge in [-0.15, -0.1) is 10.2 Å². The van der Waals surface area contributed by atoms with E-state index in [4.69, 9.17) is 4.74 Å². The Kier molecular flexibility index (Phi) is 5.25. The standard InChI is InChI=1S/C19H25N5O2/c1-22(2)15-7-5-6-14(12-15)19(25)24-11-10-16(13-24)26-18-9-8-17(20-21-18)23(3)4/h5-9,12,16H,10-11,13H2,1-4H3. The number of anilines is 2. The summed E-state index contributed by atoms with van der Waals surface area (Å²) in [5, 5.41) is 8.21. The third-order valence-corrected chi connectivity index (χ3v) is 4.41. The molecule has 1 unspecified atom stereocenters. The molecule has 26 heavy (non-hydrogen) atoms. The van der Waals surface area contributed by atoms with Gasteiger partial charge in [-0.05, 0) is 24.3 Å². The van der Waals surface area contributed by atoms with Crippen molar-refractivity contribution in [3.8, 4) is 5.88 Å². The topological polar surface area (TPSA) is 61.8 Å². The fourth-order valence-electron chi connectivity index (χ4n) is 2.89. The minimum absolute atomic E-state index is 0.0360. The van der Waals surface area contributed by atoms with E-state index in [1.165, 1.54) is 0 Å². The van der Waals surface area contributed by atoms with E-state index >= 15 is 0 Å². The van der Waals surface area contributed by atoms with Crippen molar-refractivity contribution < 1.29 is 9.53 Å². The number of likely N-dealkylation sites (tertiary alicyclic amines) is 1. The van der Waals surface area contributed by atoms with Crippen LogP contribution in [0.15, 0.2) is 36.4 Å². The van der Waals surface area contributed by atoms with Crippen LogP contribution in [-0.2, 0) is 0 Å². The molecule has 2 heterocycles. The van der Waals surface area contributed by atoms with Gasteiger partial charge in [-0.3, -0.25) is 4.79 Å². The van der Waals surface area contributed by atoms with Gasteiger partial charge >= 0.3 is 0 Å². The SMILES string of the molecule is CN(C)c1cccc(C(=O)N2CCC(Oc3ccc(N(C)C)nn3)C2)c1. The second kappa shape index (κ2) is 7.59. The second-order valence-electron chi connectivity index (χ2n) is 6.85. The number of nitrogens with zero attached hydrogens (tertiary/aromatic N) is 5. The lowest BCUT2D eigenvalue weighted by Gasteiger charge is -2.19. The van der Waals surface area contributed by atoms with Crippen LogP contribution in [0.25, 0.3) is 0 Å². The summed E-state index contributed by atoms with van der Waals surface area (Å²) in [6.45, 7) is 1.24. The average molecular weight is 355 g/mol. The number of carbonyl (C=O) groups excluding carboxylic acids is 1. The molecule has 0 radical (unpaired) electrons. The van der Waals surface area contributed by atoms with Crippen molar-refractivity contribution >= 4 is 17.4 Å². The van der Waals surface area contributed by atoms with Crippen LogP contribution in [0.1, 0.15) is 16.8 Å². The van der Waals surface area contributed by atoms with E-state index in [9.17, 15) is 4.79 Å². The van der Waals surface area contributed by atoms with Gasteiger partial charge in [0.05, 0.1) is 6.54 Å². The molecule has 1 aliphatic rings. The third-order valence-electron chi connectivity index (χ3n) is 4.41. The summed E-state index contributed by atoms with van der Waals surface area (Å²) in [6, 6.07) is 11.4. The van der Waals surface area contributed by atoms with Crippen LogP contribution in [0.2, 0.25) is 0 Å². The highest BCUT2D eigenvalue weighted by Gasteiger charge is 2.28. The van der Waals surface area contributed by atoms with Crippen molar-refractivity contribution in [3.05, 3.63) is 42.0 Å². The van der Waals surface area contributed by atoms with E-state index in [2.05, 4.69) is 10.2 Å². The zero-order valence-electron chi connectivity index (χ0n) is 15.7. The van der Waals surface area contributed by atoms with Crippen LogP contribution in [-0.4, -0.2) is 68.4 Å². The first-order chi connectivity index (χ1) is 12.4. The highest BCUT2D eigenvalue weighted by atomic mass is 16.5. The molecule has 2 aromatic rings. The number of hydrogen-bond acceptors (Lipinski definition) is 6. The number of benzene rings is 1. The number of amides is 1. The lowest BCUT2D eigenvalue weighted by Crippen LogP contribution is -2.31. The molecule has 0 spiro atoms. The highest BCUT2D eigenvalue weighted by molar-refractivity contribution is 5.95. The molecule has 3 rings (SSSR count). The molecule has 1 atom stereocenters. The van der Waals surface area contributed by atoms with E-state index in [0.717, 1.165) is 17.9 Å². The van der Waals surface area contributed by atoms with Gasteiger partial charge in [-0.25, -0.2) is 0 Å². The van der Waals surface area contributed by atoms with Crippen LogP contribution < -0.4 is 14.5 Å². The van der Waals surface area contributed by atoms with Gasteiger partial charge in [-0.1, -0.05) is 6.07 Å². The maximum atomic E-state index is 12.8. The van der Waals surface area contributed by atoms with Gasteiger partial charge in [0.1, 0.15) is 6.10 Å². The molecular weight excluding hydrogens is 330 g/mol. The Morgan fingerprint density at radius 3 is 2.58 bits per heavy atom. The Hall–Kier alpha value is -2.83. The monoisotopic (exact) mass is 355 g/mol. The summed E-state index contributed by atoms with van der Waals surface area (Å²) < 4.78 is 5.89. The predicted octanol–water partition coefficient (Wildman–Crippen LogP) is 1.90. The second-order valence-corrected chi connectivity index (χ2v) is 6.85. The minimum atomic E-state index is -0.0597. The lowest BCUT2D eigenvalue weighted by atomic mass is 10.1. The summed E-state index contributed by atoms with van der Waals surface area (Å²) in [5.41, 5.74) is 1.71. The lowest BCUT2D eigenvalue weighted by molar-refractivity contribution is 0.0771. The first kappa shape index (κ1) is 18.0. The zero-order valence-corrected chi connectivity index (χ0v) is 15.7. The van der Waals surface area contributed by atoms with E-state index in [0.29, 0.717) is 24.5 Å². The Morgan fingerprint density at radius 2 is 1.92 bits per heavy atom. The van der Waals surface area contributed by atoms with Crippen LogP contribution in [0.3, 0.4) is 0 Å². The van der Waals surface area contributed by atoms with Gasteiger partial charge < -0.3 is 19.4 Å². The largest absolute Gasteiger partial charge is 0.471 e. The van der Waals surface area contributed by atoms with Crippen molar-refractivity contribution in [1.29, 1.82) is 0 Å². The van der Waals surface area contributed by atoms with Crippen molar-refractivity contribution in [3.63, 3.8) is 0 Å². The molecule has 1 saturated heterocycles. The maximum absolute atomic E-state index is 12.8. The zero-order chi connectivity index (χ0) is 18.7. The van der Waals surface area contributed by atoms with Crippen LogP contribution >= 0.6 is 0 Å². The van der Waals surface area contributed by atoms with E-state index in [-0.39, 0.29) is 12.0 Å². The fraction of sp³-hybridized carbons (Fsp3) is 0.421. The fourth-order valence-corrected chi connectivity index (χ4v) is 2.89. The van der Waals surface area contributed by atoms with E-state index in [1.807, 2.05) is 79.3 Å². The molecule has 1 fully saturated rings. The first-order valence-electron chi connectivity index (χ1n) is 8.68. The van der Waals surface area contributed by atoms with Crippen LogP contribution in [0, 0.1) is 0 Å². The van der Waals surface area contributed by atoms with Crippen LogP contribution in [0.5, 0.6) is 5.88 Å². The number of aromatic nitrogens is 2. The van der Waals surface area contributed by atoms with Crippen molar-refractivity contribution in [2.45, 2.75) is 12.5 Å². The van der Waals surface area contributed by atoms with Gasteiger partial charge in [0.2, 0.25) is 5.88 Å². The summed E-state index contributed by atoms with van der Waals surface area (Å²) in [6.07, 6.45) is 0.728. The van der Waals surface area contributed by atoms with E-state index < -0.39 is 0 Å². The molecule has 0 N–H and O–H groups in total. The molecule has 1 aromatic carbocycles. The van der Waals surface area contributed by atoms with Crippen molar-refractivity contribution in [2.24, 2.45) is 0 Å². The molecule has 0 bridgehead atoms. The molecule has 1 aromatic heterocycles. The average Bonchev–Trinajstić information content (AvgIpc) is 3.10. The van der Waals surface area contributed by atoms with Gasteiger partial charge in [0.25, 0.3) is 5.91 Å². The minimum Gasteiger partial charge on any atom is -0.471 e. The first-order valence-corrected chi connectivity index (χ1v) is 8.68. The van der Waals surface area contributed by atoms with Gasteiger partial charge in [0, 0.05) is 58.5 Å². The molecule has 138 valence electrons. The highest BCUT2D eigenvalue weighted by Crippen LogP contribution is 2.21. The molecule has 7 nitrogen and oxygen atoms in total. The summed E-state index contributed by atoms with van der Waals surface area (Å²) in [4.78, 5) is 18.5. The normalized spacial score (nSPS) is 16.5. The molecule has 1 amide bonds. The number of carbonyl (C=O) groups is 1. The molecule has 0 aliphatic carbocycles. The Labute approximate surface area is 154 Å². The molecular formula is C19H25N5O2. The summed E-state index contributed by atoms with van der Waals surface area (Å²) in [7, 11) is 7.75. The van der Waals surface area contributed by atoms with Crippen LogP contribution in [0.4, 0.5) is 11.5 Å². The number of hydrogen-bond donors (Lipinski definition) is 0. The van der Waals surface area contributed by atoms with Crippen molar-refractivity contribution in [2.75, 3.05) is 51.1 Å². The number of ether oxygens (including phenoxy) is 1. The smallest absolute Gasteiger partial charge is 0.254 e. The van der Waals surface area contributed by atoms with Crippen molar-refractivity contribution in [1.82, 2.24) is 15.1 Å². The summed E-state index contributed by atoms with van der Waals surface area (Å²) in [5.74, 6) is 1.31.